The number of hydrogen-bond acceptors (Lipinski definition) is 4. The van der Waals surface area contributed by atoms with E-state index < -0.39 is 21.6 Å². The summed E-state index contributed by atoms with van der Waals surface area (Å²) in [6, 6.07) is 1.41. The van der Waals surface area contributed by atoms with Crippen LogP contribution in [-0.2, 0) is 14.8 Å². The third kappa shape index (κ3) is 3.85. The second-order valence-electron chi connectivity index (χ2n) is 4.61. The molecule has 5 nitrogen and oxygen atoms in total. The van der Waals surface area contributed by atoms with Crippen LogP contribution in [-0.4, -0.2) is 30.2 Å². The molecule has 0 unspecified atom stereocenters. The highest BCUT2D eigenvalue weighted by Crippen LogP contribution is 2.20. The third-order valence-electron chi connectivity index (χ3n) is 1.73. The maximum absolute atomic E-state index is 11.7. The fourth-order valence-electron chi connectivity index (χ4n) is 1.12. The largest absolute Gasteiger partial charge is 0.456 e. The van der Waals surface area contributed by atoms with E-state index in [9.17, 15) is 13.2 Å². The van der Waals surface area contributed by atoms with Crippen molar-refractivity contribution < 1.29 is 17.9 Å². The Morgan fingerprint density at radius 1 is 1.41 bits per heavy atom. The lowest BCUT2D eigenvalue weighted by molar-refractivity contribution is 0.00697. The Bertz CT molecular complexity index is 539. The van der Waals surface area contributed by atoms with Gasteiger partial charge < -0.3 is 4.74 Å². The van der Waals surface area contributed by atoms with E-state index in [2.05, 4.69) is 15.9 Å². The van der Waals surface area contributed by atoms with Crippen molar-refractivity contribution in [3.63, 3.8) is 0 Å². The summed E-state index contributed by atoms with van der Waals surface area (Å²) in [5.41, 5.74) is -0.422. The highest BCUT2D eigenvalue weighted by molar-refractivity contribution is 9.10. The monoisotopic (exact) mass is 323 g/mol. The normalized spacial score (nSPS) is 12.5. The Balaban J connectivity index is 3.07. The van der Waals surface area contributed by atoms with Gasteiger partial charge in [0, 0.05) is 6.20 Å². The Morgan fingerprint density at radius 2 is 1.94 bits per heavy atom. The first-order valence-corrected chi connectivity index (χ1v) is 7.46. The molecular weight excluding hydrogens is 310 g/mol. The first kappa shape index (κ1) is 14.2. The van der Waals surface area contributed by atoms with Gasteiger partial charge in [-0.15, -0.1) is 0 Å². The lowest BCUT2D eigenvalue weighted by Gasteiger charge is -2.18. The molecule has 0 N–H and O–H groups in total. The minimum absolute atomic E-state index is 0.192. The van der Waals surface area contributed by atoms with Gasteiger partial charge in [0.2, 0.25) is 10.0 Å². The molecule has 0 saturated heterocycles. The first-order valence-electron chi connectivity index (χ1n) is 4.82. The third-order valence-corrected chi connectivity index (χ3v) is 3.60. The van der Waals surface area contributed by atoms with E-state index in [4.69, 9.17) is 4.74 Å². The first-order chi connectivity index (χ1) is 7.50. The van der Waals surface area contributed by atoms with Crippen LogP contribution < -0.4 is 0 Å². The zero-order valence-electron chi connectivity index (χ0n) is 10.0. The summed E-state index contributed by atoms with van der Waals surface area (Å²) < 4.78 is 29.1. The van der Waals surface area contributed by atoms with Crippen LogP contribution in [0, 0.1) is 0 Å². The topological polar surface area (TPSA) is 65.4 Å². The molecule has 7 heteroatoms. The molecule has 1 rings (SSSR count). The van der Waals surface area contributed by atoms with Gasteiger partial charge in [0.25, 0.3) is 0 Å². The molecule has 0 amide bonds. The number of aromatic nitrogens is 1. The molecule has 0 fully saturated rings. The predicted molar refractivity (Wildman–Crippen MR) is 67.5 cm³/mol. The summed E-state index contributed by atoms with van der Waals surface area (Å²) in [6.07, 6.45) is 2.28. The van der Waals surface area contributed by atoms with Crippen molar-refractivity contribution in [2.45, 2.75) is 26.4 Å². The van der Waals surface area contributed by atoms with Gasteiger partial charge in [0.1, 0.15) is 10.2 Å². The molecule has 0 aliphatic heterocycles. The Morgan fingerprint density at radius 3 is 2.29 bits per heavy atom. The molecule has 17 heavy (non-hydrogen) atoms. The van der Waals surface area contributed by atoms with Crippen LogP contribution in [0.1, 0.15) is 31.1 Å². The summed E-state index contributed by atoms with van der Waals surface area (Å²) in [5, 5.41) is 0. The highest BCUT2D eigenvalue weighted by atomic mass is 79.9. The number of hydrogen-bond donors (Lipinski definition) is 0. The molecule has 0 atom stereocenters. The zero-order chi connectivity index (χ0) is 13.4. The van der Waals surface area contributed by atoms with Gasteiger partial charge in [-0.25, -0.2) is 17.2 Å². The molecule has 0 aliphatic rings. The van der Waals surface area contributed by atoms with E-state index in [1.54, 1.807) is 20.8 Å². The van der Waals surface area contributed by atoms with Crippen LogP contribution in [0.15, 0.2) is 16.9 Å². The highest BCUT2D eigenvalue weighted by Gasteiger charge is 2.21. The van der Waals surface area contributed by atoms with Crippen LogP contribution in [0.4, 0.5) is 0 Å². The lowest BCUT2D eigenvalue weighted by Crippen LogP contribution is -2.23. The average Bonchev–Trinajstić information content (AvgIpc) is 2.42. The number of halogens is 1. The minimum Gasteiger partial charge on any atom is -0.456 e. The molecule has 1 aromatic rings. The molecule has 96 valence electrons. The Labute approximate surface area is 109 Å². The zero-order valence-corrected chi connectivity index (χ0v) is 12.4. The molecule has 0 aromatic carbocycles. The van der Waals surface area contributed by atoms with Crippen molar-refractivity contribution in [3.05, 3.63) is 22.4 Å². The van der Waals surface area contributed by atoms with E-state index in [0.29, 0.717) is 4.60 Å². The maximum Gasteiger partial charge on any atom is 0.340 e. The van der Waals surface area contributed by atoms with E-state index in [0.717, 1.165) is 10.2 Å². The SMILES string of the molecule is CC(C)(C)OC(=O)c1cc(Br)n(S(C)(=O)=O)c1. The van der Waals surface area contributed by atoms with Crippen LogP contribution in [0.5, 0.6) is 0 Å². The standard InChI is InChI=1S/C10H14BrNO4S/c1-10(2,3)16-9(13)7-5-8(11)12(6-7)17(4,14)15/h5-6H,1-4H3. The number of nitrogens with zero attached hydrogens (tertiary/aromatic N) is 1. The summed E-state index contributed by atoms with van der Waals surface area (Å²) in [4.78, 5) is 11.7. The number of carbonyl (C=O) groups excluding carboxylic acids is 1. The van der Waals surface area contributed by atoms with Gasteiger partial charge in [-0.1, -0.05) is 0 Å². The molecule has 0 saturated carbocycles. The van der Waals surface area contributed by atoms with Gasteiger partial charge in [-0.3, -0.25) is 0 Å². The minimum atomic E-state index is -3.43. The smallest absolute Gasteiger partial charge is 0.340 e. The number of rotatable bonds is 2. The van der Waals surface area contributed by atoms with Crippen molar-refractivity contribution in [1.82, 2.24) is 3.97 Å². The van der Waals surface area contributed by atoms with Crippen molar-refractivity contribution in [2.24, 2.45) is 0 Å². The van der Waals surface area contributed by atoms with Crippen LogP contribution in [0.2, 0.25) is 0 Å². The molecule has 0 radical (unpaired) electrons. The van der Waals surface area contributed by atoms with Gasteiger partial charge in [0.05, 0.1) is 11.8 Å². The Kier molecular flexibility index (Phi) is 3.73. The fraction of sp³-hybridized carbons (Fsp3) is 0.500. The second kappa shape index (κ2) is 4.45. The predicted octanol–water partition coefficient (Wildman–Crippen LogP) is 2.01. The van der Waals surface area contributed by atoms with E-state index in [1.165, 1.54) is 12.3 Å². The molecule has 0 aliphatic carbocycles. The number of ether oxygens (including phenoxy) is 1. The quantitative estimate of drug-likeness (QED) is 0.781. The summed E-state index contributed by atoms with van der Waals surface area (Å²) in [6.45, 7) is 5.23. The van der Waals surface area contributed by atoms with Gasteiger partial charge in [0.15, 0.2) is 0 Å². The summed E-state index contributed by atoms with van der Waals surface area (Å²) in [7, 11) is -3.43. The maximum atomic E-state index is 11.7. The van der Waals surface area contributed by atoms with Crippen molar-refractivity contribution in [1.29, 1.82) is 0 Å². The summed E-state index contributed by atoms with van der Waals surface area (Å²) >= 11 is 3.08. The van der Waals surface area contributed by atoms with Crippen LogP contribution >= 0.6 is 15.9 Å². The van der Waals surface area contributed by atoms with Gasteiger partial charge >= 0.3 is 5.97 Å². The van der Waals surface area contributed by atoms with Crippen molar-refractivity contribution >= 4 is 31.9 Å². The molecule has 0 bridgehead atoms. The molecule has 0 spiro atoms. The van der Waals surface area contributed by atoms with Gasteiger partial charge in [-0.2, -0.15) is 0 Å². The van der Waals surface area contributed by atoms with Crippen LogP contribution in [0.3, 0.4) is 0 Å². The van der Waals surface area contributed by atoms with Crippen LogP contribution in [0.25, 0.3) is 0 Å². The van der Waals surface area contributed by atoms with Crippen molar-refractivity contribution in [2.75, 3.05) is 6.26 Å². The van der Waals surface area contributed by atoms with Crippen molar-refractivity contribution in [3.8, 4) is 0 Å². The second-order valence-corrected chi connectivity index (χ2v) is 7.28. The fourth-order valence-corrected chi connectivity index (χ4v) is 2.93. The lowest BCUT2D eigenvalue weighted by atomic mass is 10.2. The van der Waals surface area contributed by atoms with E-state index in [-0.39, 0.29) is 5.56 Å². The number of esters is 1. The summed E-state index contributed by atoms with van der Waals surface area (Å²) in [5.74, 6) is -0.555. The molecule has 1 aromatic heterocycles. The van der Waals surface area contributed by atoms with E-state index >= 15 is 0 Å². The Hall–Kier alpha value is -0.820. The molecule has 1 heterocycles. The van der Waals surface area contributed by atoms with E-state index in [1.807, 2.05) is 0 Å². The van der Waals surface area contributed by atoms with Gasteiger partial charge in [-0.05, 0) is 42.8 Å². The molecular formula is C10H14BrNO4S. The number of carbonyl (C=O) groups is 1. The average molecular weight is 324 g/mol.